The monoisotopic (exact) mass is 328 g/mol. The van der Waals surface area contributed by atoms with Crippen LogP contribution in [0, 0.1) is 0 Å². The Balaban J connectivity index is 1.85. The van der Waals surface area contributed by atoms with Crippen LogP contribution in [-0.2, 0) is 10.0 Å². The highest BCUT2D eigenvalue weighted by atomic mass is 32.2. The van der Waals surface area contributed by atoms with Crippen molar-refractivity contribution < 1.29 is 22.7 Å². The molecule has 0 saturated carbocycles. The third-order valence-corrected chi connectivity index (χ3v) is 4.79. The lowest BCUT2D eigenvalue weighted by molar-refractivity contribution is 0.0955. The van der Waals surface area contributed by atoms with E-state index in [4.69, 9.17) is 9.47 Å². The Morgan fingerprint density at radius 1 is 1.32 bits per heavy atom. The Labute approximate surface area is 130 Å². The zero-order valence-electron chi connectivity index (χ0n) is 12.6. The highest BCUT2D eigenvalue weighted by Crippen LogP contribution is 2.32. The van der Waals surface area contributed by atoms with Crippen molar-refractivity contribution >= 4 is 15.9 Å². The third kappa shape index (κ3) is 4.35. The SMILES string of the molecule is CC[C@H](C)NS(=O)(=O)CCNC(=O)c1ccc2c(c1)OCO2. The third-order valence-electron chi connectivity index (χ3n) is 3.28. The summed E-state index contributed by atoms with van der Waals surface area (Å²) in [4.78, 5) is 12.0. The highest BCUT2D eigenvalue weighted by molar-refractivity contribution is 7.89. The first-order chi connectivity index (χ1) is 10.4. The Hall–Kier alpha value is -1.80. The second kappa shape index (κ2) is 6.97. The molecule has 1 heterocycles. The predicted molar refractivity (Wildman–Crippen MR) is 81.6 cm³/mol. The fourth-order valence-electron chi connectivity index (χ4n) is 1.89. The average molecular weight is 328 g/mol. The Bertz CT molecular complexity index is 645. The van der Waals surface area contributed by atoms with Gasteiger partial charge in [0.25, 0.3) is 5.91 Å². The van der Waals surface area contributed by atoms with Gasteiger partial charge < -0.3 is 14.8 Å². The molecule has 7 nitrogen and oxygen atoms in total. The number of carbonyl (C=O) groups is 1. The van der Waals surface area contributed by atoms with Crippen LogP contribution in [0.15, 0.2) is 18.2 Å². The quantitative estimate of drug-likeness (QED) is 0.774. The van der Waals surface area contributed by atoms with Gasteiger partial charge in [-0.05, 0) is 31.5 Å². The molecule has 0 spiro atoms. The summed E-state index contributed by atoms with van der Waals surface area (Å²) in [7, 11) is -3.39. The maximum atomic E-state index is 12.0. The molecule has 22 heavy (non-hydrogen) atoms. The van der Waals surface area contributed by atoms with E-state index in [1.165, 1.54) is 0 Å². The maximum absolute atomic E-state index is 12.0. The zero-order chi connectivity index (χ0) is 16.2. The van der Waals surface area contributed by atoms with E-state index >= 15 is 0 Å². The second-order valence-corrected chi connectivity index (χ2v) is 6.94. The van der Waals surface area contributed by atoms with Gasteiger partial charge >= 0.3 is 0 Å². The van der Waals surface area contributed by atoms with E-state index in [2.05, 4.69) is 10.0 Å². The summed E-state index contributed by atoms with van der Waals surface area (Å²) >= 11 is 0. The van der Waals surface area contributed by atoms with Gasteiger partial charge in [-0.1, -0.05) is 6.92 Å². The number of fused-ring (bicyclic) bond motifs is 1. The van der Waals surface area contributed by atoms with Crippen LogP contribution in [0.1, 0.15) is 30.6 Å². The Morgan fingerprint density at radius 3 is 2.77 bits per heavy atom. The molecule has 2 rings (SSSR count). The van der Waals surface area contributed by atoms with Crippen LogP contribution >= 0.6 is 0 Å². The smallest absolute Gasteiger partial charge is 0.251 e. The number of hydrogen-bond donors (Lipinski definition) is 2. The van der Waals surface area contributed by atoms with Gasteiger partial charge in [0.05, 0.1) is 5.75 Å². The van der Waals surface area contributed by atoms with E-state index in [1.807, 2.05) is 6.92 Å². The molecule has 0 aliphatic carbocycles. The summed E-state index contributed by atoms with van der Waals surface area (Å²) in [6, 6.07) is 4.71. The molecule has 0 unspecified atom stereocenters. The highest BCUT2D eigenvalue weighted by Gasteiger charge is 2.17. The van der Waals surface area contributed by atoms with Crippen LogP contribution in [0.5, 0.6) is 11.5 Å². The van der Waals surface area contributed by atoms with Gasteiger partial charge in [-0.15, -0.1) is 0 Å². The van der Waals surface area contributed by atoms with E-state index in [0.29, 0.717) is 23.5 Å². The van der Waals surface area contributed by atoms with Crippen LogP contribution in [0.2, 0.25) is 0 Å². The normalized spacial score (nSPS) is 14.6. The molecular formula is C14H20N2O5S. The van der Waals surface area contributed by atoms with Crippen molar-refractivity contribution in [2.45, 2.75) is 26.3 Å². The molecule has 1 aromatic carbocycles. The predicted octanol–water partition coefficient (Wildman–Crippen LogP) is 0.863. The van der Waals surface area contributed by atoms with Gasteiger partial charge in [0.1, 0.15) is 0 Å². The van der Waals surface area contributed by atoms with Crippen molar-refractivity contribution in [2.24, 2.45) is 0 Å². The van der Waals surface area contributed by atoms with Gasteiger partial charge in [0.2, 0.25) is 16.8 Å². The van der Waals surface area contributed by atoms with Crippen LogP contribution in [0.25, 0.3) is 0 Å². The summed E-state index contributed by atoms with van der Waals surface area (Å²) in [5, 5.41) is 2.58. The van der Waals surface area contributed by atoms with E-state index < -0.39 is 10.0 Å². The standard InChI is InChI=1S/C14H20N2O5S/c1-3-10(2)16-22(18,19)7-6-15-14(17)11-4-5-12-13(8-11)21-9-20-12/h4-5,8,10,16H,3,6-7,9H2,1-2H3,(H,15,17)/t10-/m0/s1. The Morgan fingerprint density at radius 2 is 2.05 bits per heavy atom. The summed E-state index contributed by atoms with van der Waals surface area (Å²) in [5.41, 5.74) is 0.400. The average Bonchev–Trinajstić information content (AvgIpc) is 2.93. The molecule has 0 radical (unpaired) electrons. The zero-order valence-corrected chi connectivity index (χ0v) is 13.4. The van der Waals surface area contributed by atoms with Crippen molar-refractivity contribution in [2.75, 3.05) is 19.1 Å². The number of nitrogens with one attached hydrogen (secondary N) is 2. The first-order valence-corrected chi connectivity index (χ1v) is 8.74. The molecule has 1 amide bonds. The minimum Gasteiger partial charge on any atom is -0.454 e. The first kappa shape index (κ1) is 16.6. The molecule has 1 aliphatic rings. The Kier molecular flexibility index (Phi) is 5.25. The molecule has 0 saturated heterocycles. The number of amides is 1. The summed E-state index contributed by atoms with van der Waals surface area (Å²) in [6.45, 7) is 3.87. The van der Waals surface area contributed by atoms with Crippen molar-refractivity contribution in [3.63, 3.8) is 0 Å². The molecule has 122 valence electrons. The molecular weight excluding hydrogens is 308 g/mol. The molecule has 0 bridgehead atoms. The number of hydrogen-bond acceptors (Lipinski definition) is 5. The fourth-order valence-corrected chi connectivity index (χ4v) is 3.16. The second-order valence-electron chi connectivity index (χ2n) is 5.07. The number of carbonyl (C=O) groups excluding carboxylic acids is 1. The molecule has 8 heteroatoms. The first-order valence-electron chi connectivity index (χ1n) is 7.09. The molecule has 2 N–H and O–H groups in total. The van der Waals surface area contributed by atoms with Crippen LogP contribution in [0.4, 0.5) is 0 Å². The number of ether oxygens (including phenoxy) is 2. The van der Waals surface area contributed by atoms with E-state index in [0.717, 1.165) is 0 Å². The summed E-state index contributed by atoms with van der Waals surface area (Å²) in [5.74, 6) is 0.598. The number of sulfonamides is 1. The van der Waals surface area contributed by atoms with Crippen molar-refractivity contribution in [1.29, 1.82) is 0 Å². The minimum absolute atomic E-state index is 0.0407. The molecule has 1 atom stereocenters. The van der Waals surface area contributed by atoms with E-state index in [-0.39, 0.29) is 31.0 Å². The lowest BCUT2D eigenvalue weighted by atomic mass is 10.2. The molecule has 1 aromatic rings. The molecule has 1 aliphatic heterocycles. The molecule has 0 fully saturated rings. The number of rotatable bonds is 7. The van der Waals surface area contributed by atoms with Crippen LogP contribution in [-0.4, -0.2) is 39.5 Å². The van der Waals surface area contributed by atoms with Gasteiger partial charge in [-0.2, -0.15) is 0 Å². The van der Waals surface area contributed by atoms with Crippen molar-refractivity contribution in [3.8, 4) is 11.5 Å². The van der Waals surface area contributed by atoms with E-state index in [1.54, 1.807) is 25.1 Å². The largest absolute Gasteiger partial charge is 0.454 e. The van der Waals surface area contributed by atoms with E-state index in [9.17, 15) is 13.2 Å². The van der Waals surface area contributed by atoms with Crippen molar-refractivity contribution in [3.05, 3.63) is 23.8 Å². The van der Waals surface area contributed by atoms with Crippen LogP contribution < -0.4 is 19.5 Å². The van der Waals surface area contributed by atoms with Gasteiger partial charge in [0.15, 0.2) is 11.5 Å². The lowest BCUT2D eigenvalue weighted by Gasteiger charge is -2.12. The van der Waals surface area contributed by atoms with Crippen molar-refractivity contribution in [1.82, 2.24) is 10.0 Å². The summed E-state index contributed by atoms with van der Waals surface area (Å²) in [6.07, 6.45) is 0.711. The fraction of sp³-hybridized carbons (Fsp3) is 0.500. The lowest BCUT2D eigenvalue weighted by Crippen LogP contribution is -2.38. The number of benzene rings is 1. The summed E-state index contributed by atoms with van der Waals surface area (Å²) < 4.78 is 36.4. The topological polar surface area (TPSA) is 93.7 Å². The minimum atomic E-state index is -3.39. The van der Waals surface area contributed by atoms with Gasteiger partial charge in [0, 0.05) is 18.2 Å². The maximum Gasteiger partial charge on any atom is 0.251 e. The van der Waals surface area contributed by atoms with Gasteiger partial charge in [-0.25, -0.2) is 13.1 Å². The van der Waals surface area contributed by atoms with Gasteiger partial charge in [-0.3, -0.25) is 4.79 Å². The van der Waals surface area contributed by atoms with Crippen LogP contribution in [0.3, 0.4) is 0 Å². The molecule has 0 aromatic heterocycles.